The molecule has 1 aromatic carbocycles. The van der Waals surface area contributed by atoms with E-state index < -0.39 is 12.2 Å². The standard InChI is InChI=1S/C16H21F2N3O3/c1-19-14(23)16(8-2-3-9-16)20-10-13(22)21-11-4-6-12(7-5-11)24-15(17)18/h4-7,15,20H,2-3,8-10H2,1H3,(H,19,23)(H,21,22). The molecule has 24 heavy (non-hydrogen) atoms. The number of carbonyl (C=O) groups is 2. The van der Waals surface area contributed by atoms with Crippen LogP contribution in [0.3, 0.4) is 0 Å². The molecule has 1 fully saturated rings. The van der Waals surface area contributed by atoms with E-state index in [2.05, 4.69) is 20.7 Å². The number of benzene rings is 1. The van der Waals surface area contributed by atoms with Crippen molar-refractivity contribution in [2.24, 2.45) is 0 Å². The van der Waals surface area contributed by atoms with Crippen molar-refractivity contribution in [2.75, 3.05) is 18.9 Å². The van der Waals surface area contributed by atoms with Crippen molar-refractivity contribution in [1.29, 1.82) is 0 Å². The highest BCUT2D eigenvalue weighted by molar-refractivity contribution is 5.93. The Balaban J connectivity index is 1.87. The molecular formula is C16H21F2N3O3. The zero-order valence-corrected chi connectivity index (χ0v) is 13.4. The Labute approximate surface area is 138 Å². The summed E-state index contributed by atoms with van der Waals surface area (Å²) in [5.41, 5.74) is -0.232. The fourth-order valence-electron chi connectivity index (χ4n) is 2.88. The second-order valence-electron chi connectivity index (χ2n) is 5.67. The molecule has 2 amide bonds. The number of likely N-dealkylation sites (N-methyl/N-ethyl adjacent to an activating group) is 1. The van der Waals surface area contributed by atoms with Crippen LogP contribution < -0.4 is 20.7 Å². The molecule has 2 rings (SSSR count). The Hall–Kier alpha value is -2.22. The molecule has 3 N–H and O–H groups in total. The maximum atomic E-state index is 12.1. The molecule has 0 atom stereocenters. The zero-order valence-electron chi connectivity index (χ0n) is 13.4. The maximum absolute atomic E-state index is 12.1. The molecule has 0 heterocycles. The van der Waals surface area contributed by atoms with Gasteiger partial charge in [0.05, 0.1) is 12.1 Å². The first kappa shape index (κ1) is 18.1. The minimum atomic E-state index is -2.89. The van der Waals surface area contributed by atoms with Crippen molar-refractivity contribution in [3.63, 3.8) is 0 Å². The Kier molecular flexibility index (Phi) is 6.08. The molecule has 0 aliphatic heterocycles. The molecule has 1 saturated carbocycles. The summed E-state index contributed by atoms with van der Waals surface area (Å²) in [5, 5.41) is 8.33. The molecule has 132 valence electrons. The van der Waals surface area contributed by atoms with E-state index >= 15 is 0 Å². The quantitative estimate of drug-likeness (QED) is 0.707. The van der Waals surface area contributed by atoms with Crippen LogP contribution in [-0.2, 0) is 9.59 Å². The van der Waals surface area contributed by atoms with Crippen LogP contribution in [0.4, 0.5) is 14.5 Å². The molecule has 0 saturated heterocycles. The fourth-order valence-corrected chi connectivity index (χ4v) is 2.88. The van der Waals surface area contributed by atoms with Crippen LogP contribution in [0.5, 0.6) is 5.75 Å². The van der Waals surface area contributed by atoms with Crippen molar-refractivity contribution in [1.82, 2.24) is 10.6 Å². The van der Waals surface area contributed by atoms with Gasteiger partial charge in [-0.05, 0) is 37.1 Å². The topological polar surface area (TPSA) is 79.5 Å². The second-order valence-corrected chi connectivity index (χ2v) is 5.67. The summed E-state index contributed by atoms with van der Waals surface area (Å²) in [6.45, 7) is -2.90. The predicted molar refractivity (Wildman–Crippen MR) is 85.0 cm³/mol. The molecule has 0 bridgehead atoms. The Bertz CT molecular complexity index is 572. The Morgan fingerprint density at radius 1 is 1.21 bits per heavy atom. The van der Waals surface area contributed by atoms with Crippen molar-refractivity contribution in [3.05, 3.63) is 24.3 Å². The summed E-state index contributed by atoms with van der Waals surface area (Å²) >= 11 is 0. The molecule has 6 nitrogen and oxygen atoms in total. The number of anilines is 1. The summed E-state index contributed by atoms with van der Waals surface area (Å²) in [5.74, 6) is -0.403. The number of alkyl halides is 2. The second kappa shape index (κ2) is 8.05. The van der Waals surface area contributed by atoms with Crippen LogP contribution in [0.2, 0.25) is 0 Å². The molecule has 8 heteroatoms. The fraction of sp³-hybridized carbons (Fsp3) is 0.500. The average molecular weight is 341 g/mol. The molecule has 0 aromatic heterocycles. The zero-order chi connectivity index (χ0) is 17.6. The summed E-state index contributed by atoms with van der Waals surface area (Å²) < 4.78 is 28.4. The first-order valence-electron chi connectivity index (χ1n) is 7.77. The molecular weight excluding hydrogens is 320 g/mol. The lowest BCUT2D eigenvalue weighted by Gasteiger charge is -2.28. The van der Waals surface area contributed by atoms with E-state index in [-0.39, 0.29) is 24.1 Å². The first-order chi connectivity index (χ1) is 11.4. The number of ether oxygens (including phenoxy) is 1. The number of carbonyl (C=O) groups excluding carboxylic acids is 2. The van der Waals surface area contributed by atoms with Crippen LogP contribution >= 0.6 is 0 Å². The highest BCUT2D eigenvalue weighted by Gasteiger charge is 2.40. The van der Waals surface area contributed by atoms with Crippen molar-refractivity contribution < 1.29 is 23.1 Å². The molecule has 1 aliphatic rings. The normalized spacial score (nSPS) is 16.0. The number of hydrogen-bond acceptors (Lipinski definition) is 4. The molecule has 0 spiro atoms. The van der Waals surface area contributed by atoms with Gasteiger partial charge in [0.25, 0.3) is 0 Å². The molecule has 1 aromatic rings. The summed E-state index contributed by atoms with van der Waals surface area (Å²) in [6.07, 6.45) is 3.26. The predicted octanol–water partition coefficient (Wildman–Crippen LogP) is 1.87. The van der Waals surface area contributed by atoms with E-state index in [9.17, 15) is 18.4 Å². The lowest BCUT2D eigenvalue weighted by Crippen LogP contribution is -2.56. The SMILES string of the molecule is CNC(=O)C1(NCC(=O)Nc2ccc(OC(F)F)cc2)CCCC1. The Morgan fingerprint density at radius 2 is 1.83 bits per heavy atom. The van der Waals surface area contributed by atoms with Crippen molar-refractivity contribution >= 4 is 17.5 Å². The number of hydrogen-bond donors (Lipinski definition) is 3. The van der Waals surface area contributed by atoms with Gasteiger partial charge in [0.15, 0.2) is 0 Å². The Morgan fingerprint density at radius 3 is 2.38 bits per heavy atom. The van der Waals surface area contributed by atoms with Gasteiger partial charge in [-0.25, -0.2) is 0 Å². The van der Waals surface area contributed by atoms with Crippen molar-refractivity contribution in [2.45, 2.75) is 37.8 Å². The molecule has 0 radical (unpaired) electrons. The number of nitrogens with one attached hydrogen (secondary N) is 3. The van der Waals surface area contributed by atoms with Gasteiger partial charge in [-0.15, -0.1) is 0 Å². The largest absolute Gasteiger partial charge is 0.435 e. The first-order valence-corrected chi connectivity index (χ1v) is 7.77. The van der Waals surface area contributed by atoms with Crippen LogP contribution in [0.15, 0.2) is 24.3 Å². The van der Waals surface area contributed by atoms with Crippen LogP contribution in [0, 0.1) is 0 Å². The van der Waals surface area contributed by atoms with Gasteiger partial charge in [-0.2, -0.15) is 8.78 Å². The van der Waals surface area contributed by atoms with Crippen LogP contribution in [0.1, 0.15) is 25.7 Å². The van der Waals surface area contributed by atoms with Gasteiger partial charge < -0.3 is 15.4 Å². The lowest BCUT2D eigenvalue weighted by atomic mass is 9.96. The van der Waals surface area contributed by atoms with E-state index in [0.29, 0.717) is 18.5 Å². The third kappa shape index (κ3) is 4.64. The van der Waals surface area contributed by atoms with E-state index in [1.807, 2.05) is 0 Å². The summed E-state index contributed by atoms with van der Waals surface area (Å²) in [6, 6.07) is 5.63. The average Bonchev–Trinajstić information content (AvgIpc) is 3.04. The van der Waals surface area contributed by atoms with Crippen LogP contribution in [0.25, 0.3) is 0 Å². The maximum Gasteiger partial charge on any atom is 0.387 e. The number of amides is 2. The molecule has 1 aliphatic carbocycles. The van der Waals surface area contributed by atoms with E-state index in [1.54, 1.807) is 7.05 Å². The monoisotopic (exact) mass is 341 g/mol. The van der Waals surface area contributed by atoms with Gasteiger partial charge in [-0.1, -0.05) is 12.8 Å². The highest BCUT2D eigenvalue weighted by Crippen LogP contribution is 2.29. The lowest BCUT2D eigenvalue weighted by molar-refractivity contribution is -0.127. The van der Waals surface area contributed by atoms with Gasteiger partial charge >= 0.3 is 6.61 Å². The third-order valence-corrected chi connectivity index (χ3v) is 4.07. The number of halogens is 2. The minimum Gasteiger partial charge on any atom is -0.435 e. The van der Waals surface area contributed by atoms with Crippen molar-refractivity contribution in [3.8, 4) is 5.75 Å². The van der Waals surface area contributed by atoms with E-state index in [1.165, 1.54) is 24.3 Å². The van der Waals surface area contributed by atoms with Gasteiger partial charge in [0.1, 0.15) is 5.75 Å². The smallest absolute Gasteiger partial charge is 0.387 e. The highest BCUT2D eigenvalue weighted by atomic mass is 19.3. The summed E-state index contributed by atoms with van der Waals surface area (Å²) in [7, 11) is 1.58. The van der Waals surface area contributed by atoms with Gasteiger partial charge in [-0.3, -0.25) is 14.9 Å². The van der Waals surface area contributed by atoms with Crippen LogP contribution in [-0.4, -0.2) is 37.6 Å². The van der Waals surface area contributed by atoms with E-state index in [0.717, 1.165) is 12.8 Å². The molecule has 0 unspecified atom stereocenters. The minimum absolute atomic E-state index is 0.0112. The van der Waals surface area contributed by atoms with Gasteiger partial charge in [0.2, 0.25) is 11.8 Å². The third-order valence-electron chi connectivity index (χ3n) is 4.07. The summed E-state index contributed by atoms with van der Waals surface area (Å²) in [4.78, 5) is 24.1. The van der Waals surface area contributed by atoms with Gasteiger partial charge in [0, 0.05) is 12.7 Å². The number of rotatable bonds is 7. The van der Waals surface area contributed by atoms with E-state index in [4.69, 9.17) is 0 Å².